The number of benzene rings is 8. The Morgan fingerprint density at radius 2 is 1.21 bits per heavy atom. The smallest absolute Gasteiger partial charge is 0.299 e. The van der Waals surface area contributed by atoms with Gasteiger partial charge in [0.25, 0.3) is 5.92 Å². The summed E-state index contributed by atoms with van der Waals surface area (Å²) in [5.41, 5.74) is 11.3. The zero-order valence-electron chi connectivity index (χ0n) is 34.1. The van der Waals surface area contributed by atoms with Gasteiger partial charge in [-0.25, -0.2) is 9.97 Å². The quantitative estimate of drug-likeness (QED) is 0.174. The van der Waals surface area contributed by atoms with Gasteiger partial charge in [0.2, 0.25) is 0 Å². The predicted octanol–water partition coefficient (Wildman–Crippen LogP) is 14.6. The van der Waals surface area contributed by atoms with Crippen molar-refractivity contribution < 1.29 is 8.78 Å². The van der Waals surface area contributed by atoms with Gasteiger partial charge in [0.1, 0.15) is 11.6 Å². The molecule has 12 aromatic rings. The third-order valence-electron chi connectivity index (χ3n) is 12.4. The average molecular weight is 818 g/mol. The first-order valence-corrected chi connectivity index (χ1v) is 21.0. The molecule has 0 amide bonds. The van der Waals surface area contributed by atoms with Gasteiger partial charge in [0, 0.05) is 61.2 Å². The van der Waals surface area contributed by atoms with Crippen LogP contribution in [-0.2, 0) is 5.92 Å². The second-order valence-corrected chi connectivity index (χ2v) is 16.2. The highest BCUT2D eigenvalue weighted by atomic mass is 19.3. The van der Waals surface area contributed by atoms with Crippen molar-refractivity contribution >= 4 is 54.6 Å². The molecule has 1 N–H and O–H groups in total. The van der Waals surface area contributed by atoms with Crippen LogP contribution in [0.2, 0.25) is 0 Å². The van der Waals surface area contributed by atoms with E-state index in [1.807, 2.05) is 66.1 Å². The molecule has 0 fully saturated rings. The van der Waals surface area contributed by atoms with Crippen molar-refractivity contribution in [1.82, 2.24) is 24.1 Å². The molecule has 0 bridgehead atoms. The SMILES string of the molecule is Cc1ccnc(-n2c3cc(-c4cccc5c4nc(-c4cccc6c4[nH]c4ccccc46)n5-c4ccccc4)ccc3c3cc(-c4ccccc4)c(C(F)(F)c4ccccc4)cc32)c1. The number of rotatable bonds is 7. The van der Waals surface area contributed by atoms with Gasteiger partial charge in [-0.3, -0.25) is 9.13 Å². The highest BCUT2D eigenvalue weighted by Gasteiger charge is 2.37. The van der Waals surface area contributed by atoms with E-state index in [4.69, 9.17) is 9.97 Å². The van der Waals surface area contributed by atoms with Crippen LogP contribution in [0.3, 0.4) is 0 Å². The standard InChI is InChI=1S/C56H37F2N5/c1-35-29-30-59-52(31-35)63-50-32-37(27-28-42(50)46-33-45(36-15-5-2-6-16-36)47(34-51(46)63)56(57,58)38-17-7-3-8-18-38)40-22-14-26-49-54(40)61-55(62(49)39-19-9-4-10-20-39)44-24-13-23-43-41-21-11-12-25-48(41)60-53(43)44/h2-34,60H,1H3. The summed E-state index contributed by atoms with van der Waals surface area (Å²) in [6.45, 7) is 2.02. The first kappa shape index (κ1) is 36.7. The highest BCUT2D eigenvalue weighted by molar-refractivity contribution is 6.14. The van der Waals surface area contributed by atoms with Crippen molar-refractivity contribution in [2.45, 2.75) is 12.8 Å². The lowest BCUT2D eigenvalue weighted by atomic mass is 9.90. The Balaban J connectivity index is 1.13. The number of aromatic amines is 1. The van der Waals surface area contributed by atoms with Crippen LogP contribution in [0.4, 0.5) is 8.78 Å². The number of alkyl halides is 2. The third-order valence-corrected chi connectivity index (χ3v) is 12.4. The highest BCUT2D eigenvalue weighted by Crippen LogP contribution is 2.46. The number of nitrogens with zero attached hydrogens (tertiary/aromatic N) is 4. The lowest BCUT2D eigenvalue weighted by molar-refractivity contribution is 0.0436. The Morgan fingerprint density at radius 1 is 0.508 bits per heavy atom. The maximum absolute atomic E-state index is 17.0. The first-order chi connectivity index (χ1) is 30.9. The van der Waals surface area contributed by atoms with E-state index in [1.165, 1.54) is 12.1 Å². The molecule has 0 aliphatic rings. The van der Waals surface area contributed by atoms with Crippen molar-refractivity contribution in [3.8, 4) is 45.1 Å². The second-order valence-electron chi connectivity index (χ2n) is 16.2. The molecule has 0 radical (unpaired) electrons. The molecular weight excluding hydrogens is 781 g/mol. The number of imidazole rings is 1. The molecule has 300 valence electrons. The maximum Gasteiger partial charge on any atom is 0.299 e. The fraction of sp³-hybridized carbons (Fsp3) is 0.0357. The van der Waals surface area contributed by atoms with Crippen LogP contribution in [0.25, 0.3) is 99.8 Å². The van der Waals surface area contributed by atoms with E-state index >= 15 is 8.78 Å². The molecule has 0 aliphatic heterocycles. The monoisotopic (exact) mass is 817 g/mol. The van der Waals surface area contributed by atoms with Gasteiger partial charge in [0.15, 0.2) is 0 Å². The summed E-state index contributed by atoms with van der Waals surface area (Å²) in [4.78, 5) is 14.1. The number of H-pyrrole nitrogens is 1. The minimum atomic E-state index is -3.30. The van der Waals surface area contributed by atoms with Crippen LogP contribution in [0.5, 0.6) is 0 Å². The number of hydrogen-bond donors (Lipinski definition) is 1. The third kappa shape index (κ3) is 5.81. The van der Waals surface area contributed by atoms with E-state index in [0.29, 0.717) is 16.9 Å². The number of fused-ring (bicyclic) bond motifs is 7. The summed E-state index contributed by atoms with van der Waals surface area (Å²) < 4.78 is 38.3. The number of pyridine rings is 1. The minimum Gasteiger partial charge on any atom is -0.354 e. The van der Waals surface area contributed by atoms with Gasteiger partial charge in [-0.1, -0.05) is 133 Å². The van der Waals surface area contributed by atoms with E-state index in [-0.39, 0.29) is 11.1 Å². The van der Waals surface area contributed by atoms with E-state index in [9.17, 15) is 0 Å². The summed E-state index contributed by atoms with van der Waals surface area (Å²) in [5, 5.41) is 4.08. The second kappa shape index (κ2) is 14.2. The zero-order chi connectivity index (χ0) is 42.2. The summed E-state index contributed by atoms with van der Waals surface area (Å²) in [7, 11) is 0. The summed E-state index contributed by atoms with van der Waals surface area (Å²) in [6, 6.07) is 62.9. The molecule has 7 heteroatoms. The normalized spacial score (nSPS) is 12.0. The molecule has 63 heavy (non-hydrogen) atoms. The van der Waals surface area contributed by atoms with Crippen LogP contribution >= 0.6 is 0 Å². The van der Waals surface area contributed by atoms with E-state index in [0.717, 1.165) is 88.5 Å². The van der Waals surface area contributed by atoms with Crippen molar-refractivity contribution in [2.24, 2.45) is 0 Å². The topological polar surface area (TPSA) is 51.4 Å². The number of hydrogen-bond acceptors (Lipinski definition) is 2. The van der Waals surface area contributed by atoms with E-state index < -0.39 is 5.92 Å². The lowest BCUT2D eigenvalue weighted by Crippen LogP contribution is -2.16. The molecule has 5 nitrogen and oxygen atoms in total. The average Bonchev–Trinajstić information content (AvgIpc) is 4.01. The van der Waals surface area contributed by atoms with Gasteiger partial charge < -0.3 is 4.98 Å². The fourth-order valence-corrected chi connectivity index (χ4v) is 9.45. The molecule has 12 rings (SSSR count). The van der Waals surface area contributed by atoms with Gasteiger partial charge in [0.05, 0.1) is 27.6 Å². The van der Waals surface area contributed by atoms with Gasteiger partial charge in [-0.15, -0.1) is 0 Å². The Kier molecular flexibility index (Phi) is 8.27. The lowest BCUT2D eigenvalue weighted by Gasteiger charge is -2.22. The van der Waals surface area contributed by atoms with Gasteiger partial charge in [-0.2, -0.15) is 8.78 Å². The minimum absolute atomic E-state index is 0.0664. The fourth-order valence-electron chi connectivity index (χ4n) is 9.45. The molecule has 0 aliphatic carbocycles. The molecule has 8 aromatic carbocycles. The number of halogens is 2. The summed E-state index contributed by atoms with van der Waals surface area (Å²) in [5.74, 6) is -1.83. The van der Waals surface area contributed by atoms with Gasteiger partial charge >= 0.3 is 0 Å². The molecule has 0 saturated heterocycles. The first-order valence-electron chi connectivity index (χ1n) is 21.0. The largest absolute Gasteiger partial charge is 0.354 e. The van der Waals surface area contributed by atoms with Crippen molar-refractivity contribution in [3.63, 3.8) is 0 Å². The van der Waals surface area contributed by atoms with Gasteiger partial charge in [-0.05, 0) is 89.8 Å². The molecule has 4 aromatic heterocycles. The Bertz CT molecular complexity index is 3720. The Hall–Kier alpha value is -8.16. The van der Waals surface area contributed by atoms with Crippen LogP contribution in [-0.4, -0.2) is 24.1 Å². The number of aromatic nitrogens is 5. The Morgan fingerprint density at radius 3 is 2.02 bits per heavy atom. The number of aryl methyl sites for hydroxylation is 1. The molecule has 4 heterocycles. The molecule has 0 atom stereocenters. The van der Waals surface area contributed by atoms with Crippen LogP contribution in [0.15, 0.2) is 200 Å². The zero-order valence-corrected chi connectivity index (χ0v) is 34.1. The van der Waals surface area contributed by atoms with Crippen molar-refractivity contribution in [3.05, 3.63) is 217 Å². The maximum atomic E-state index is 17.0. The van der Waals surface area contributed by atoms with Crippen molar-refractivity contribution in [1.29, 1.82) is 0 Å². The van der Waals surface area contributed by atoms with E-state index in [2.05, 4.69) is 113 Å². The Labute approximate surface area is 361 Å². The van der Waals surface area contributed by atoms with Crippen LogP contribution in [0, 0.1) is 6.92 Å². The molecule has 0 spiro atoms. The molecule has 0 unspecified atom stereocenters. The summed E-state index contributed by atoms with van der Waals surface area (Å²) in [6.07, 6.45) is 1.77. The summed E-state index contributed by atoms with van der Waals surface area (Å²) >= 11 is 0. The predicted molar refractivity (Wildman–Crippen MR) is 253 cm³/mol. The van der Waals surface area contributed by atoms with Crippen LogP contribution in [0.1, 0.15) is 16.7 Å². The van der Waals surface area contributed by atoms with E-state index in [1.54, 1.807) is 30.5 Å². The number of para-hydroxylation sites is 4. The molecule has 0 saturated carbocycles. The van der Waals surface area contributed by atoms with Crippen LogP contribution < -0.4 is 0 Å². The molecular formula is C56H37F2N5. The number of nitrogens with one attached hydrogen (secondary N) is 1. The van der Waals surface area contributed by atoms with Crippen molar-refractivity contribution in [2.75, 3.05) is 0 Å².